The summed E-state index contributed by atoms with van der Waals surface area (Å²) in [5.41, 5.74) is 2.99. The Hall–Kier alpha value is -3.34. The van der Waals surface area contributed by atoms with Crippen LogP contribution in [-0.2, 0) is 0 Å². The summed E-state index contributed by atoms with van der Waals surface area (Å²) in [5, 5.41) is 4.12. The third-order valence-electron chi connectivity index (χ3n) is 4.18. The van der Waals surface area contributed by atoms with Crippen molar-refractivity contribution in [2.75, 3.05) is 13.2 Å². The molecule has 130 valence electrons. The van der Waals surface area contributed by atoms with Gasteiger partial charge < -0.3 is 14.0 Å². The molecule has 2 heterocycles. The Morgan fingerprint density at radius 1 is 1.04 bits per heavy atom. The summed E-state index contributed by atoms with van der Waals surface area (Å²) >= 11 is 0. The average Bonchev–Trinajstić information content (AvgIpc) is 3.07. The summed E-state index contributed by atoms with van der Waals surface area (Å²) in [6.07, 6.45) is 3.27. The van der Waals surface area contributed by atoms with E-state index in [-0.39, 0.29) is 5.78 Å². The van der Waals surface area contributed by atoms with Gasteiger partial charge in [0.1, 0.15) is 24.7 Å². The summed E-state index contributed by atoms with van der Waals surface area (Å²) in [5.74, 6) is 1.80. The minimum absolute atomic E-state index is 0.124. The number of fused-ring (bicyclic) bond motifs is 1. The van der Waals surface area contributed by atoms with Crippen molar-refractivity contribution in [1.29, 1.82) is 0 Å². The predicted octanol–water partition coefficient (Wildman–Crippen LogP) is 4.32. The molecule has 4 rings (SSSR count). The number of allylic oxidation sites excluding steroid dienone is 1. The molecule has 1 aliphatic heterocycles. The van der Waals surface area contributed by atoms with E-state index in [4.69, 9.17) is 14.0 Å². The van der Waals surface area contributed by atoms with Gasteiger partial charge in [0.15, 0.2) is 17.3 Å². The zero-order valence-electron chi connectivity index (χ0n) is 14.3. The molecule has 1 aliphatic rings. The fourth-order valence-electron chi connectivity index (χ4n) is 2.83. The van der Waals surface area contributed by atoms with Crippen LogP contribution in [0.4, 0.5) is 0 Å². The monoisotopic (exact) mass is 347 g/mol. The van der Waals surface area contributed by atoms with Crippen LogP contribution in [0.15, 0.2) is 59.1 Å². The van der Waals surface area contributed by atoms with Crippen molar-refractivity contribution in [2.45, 2.75) is 6.92 Å². The molecule has 5 nitrogen and oxygen atoms in total. The predicted molar refractivity (Wildman–Crippen MR) is 97.5 cm³/mol. The van der Waals surface area contributed by atoms with E-state index < -0.39 is 0 Å². The molecule has 0 spiro atoms. The minimum Gasteiger partial charge on any atom is -0.486 e. The molecule has 0 bridgehead atoms. The van der Waals surface area contributed by atoms with Gasteiger partial charge in [-0.25, -0.2) is 0 Å². The number of benzene rings is 2. The Morgan fingerprint density at radius 3 is 2.62 bits per heavy atom. The van der Waals surface area contributed by atoms with Gasteiger partial charge in [-0.3, -0.25) is 4.79 Å². The first-order valence-electron chi connectivity index (χ1n) is 8.36. The quantitative estimate of drug-likeness (QED) is 0.520. The highest BCUT2D eigenvalue weighted by atomic mass is 16.6. The molecular formula is C21H17NO4. The molecule has 0 radical (unpaired) electrons. The number of hydrogen-bond acceptors (Lipinski definition) is 5. The lowest BCUT2D eigenvalue weighted by Gasteiger charge is -2.18. The van der Waals surface area contributed by atoms with Gasteiger partial charge in [-0.15, -0.1) is 0 Å². The van der Waals surface area contributed by atoms with Crippen molar-refractivity contribution >= 4 is 11.9 Å². The average molecular weight is 347 g/mol. The molecule has 2 aromatic carbocycles. The lowest BCUT2D eigenvalue weighted by Crippen LogP contribution is -2.15. The number of aromatic nitrogens is 1. The lowest BCUT2D eigenvalue weighted by atomic mass is 10.0. The molecular weight excluding hydrogens is 330 g/mol. The number of carbonyl (C=O) groups is 1. The number of ether oxygens (including phenoxy) is 2. The molecule has 0 aliphatic carbocycles. The number of nitrogens with zero attached hydrogens (tertiary/aromatic N) is 1. The number of carbonyl (C=O) groups excluding carboxylic acids is 1. The smallest absolute Gasteiger partial charge is 0.185 e. The van der Waals surface area contributed by atoms with Crippen molar-refractivity contribution in [3.63, 3.8) is 0 Å². The highest BCUT2D eigenvalue weighted by Crippen LogP contribution is 2.31. The van der Waals surface area contributed by atoms with Gasteiger partial charge in [-0.1, -0.05) is 35.5 Å². The third-order valence-corrected chi connectivity index (χ3v) is 4.18. The minimum atomic E-state index is -0.124. The summed E-state index contributed by atoms with van der Waals surface area (Å²) in [7, 11) is 0. The van der Waals surface area contributed by atoms with Crippen LogP contribution in [0.25, 0.3) is 17.3 Å². The van der Waals surface area contributed by atoms with Gasteiger partial charge in [0.25, 0.3) is 0 Å². The van der Waals surface area contributed by atoms with Crippen LogP contribution in [0.5, 0.6) is 11.5 Å². The summed E-state index contributed by atoms with van der Waals surface area (Å²) in [4.78, 5) is 12.6. The van der Waals surface area contributed by atoms with Crippen LogP contribution >= 0.6 is 0 Å². The van der Waals surface area contributed by atoms with Gasteiger partial charge in [-0.05, 0) is 37.3 Å². The molecule has 0 unspecified atom stereocenters. The second kappa shape index (κ2) is 6.88. The summed E-state index contributed by atoms with van der Waals surface area (Å²) in [6.45, 7) is 2.84. The molecule has 0 atom stereocenters. The molecule has 3 aromatic rings. The maximum absolute atomic E-state index is 12.6. The fourth-order valence-corrected chi connectivity index (χ4v) is 2.83. The first kappa shape index (κ1) is 16.1. The van der Waals surface area contributed by atoms with E-state index in [1.807, 2.05) is 37.3 Å². The molecule has 1 aromatic heterocycles. The van der Waals surface area contributed by atoms with E-state index in [1.54, 1.807) is 24.3 Å². The Morgan fingerprint density at radius 2 is 1.81 bits per heavy atom. The maximum atomic E-state index is 12.6. The molecule has 0 amide bonds. The second-order valence-corrected chi connectivity index (χ2v) is 5.92. The largest absolute Gasteiger partial charge is 0.486 e. The Kier molecular flexibility index (Phi) is 4.27. The van der Waals surface area contributed by atoms with Crippen LogP contribution in [-0.4, -0.2) is 24.2 Å². The topological polar surface area (TPSA) is 61.6 Å². The third kappa shape index (κ3) is 3.11. The number of ketones is 1. The van der Waals surface area contributed by atoms with Crippen molar-refractivity contribution < 1.29 is 18.8 Å². The van der Waals surface area contributed by atoms with Gasteiger partial charge in [0.2, 0.25) is 0 Å². The Balaban J connectivity index is 1.61. The van der Waals surface area contributed by atoms with E-state index in [0.29, 0.717) is 41.7 Å². The molecule has 0 fully saturated rings. The summed E-state index contributed by atoms with van der Waals surface area (Å²) in [6, 6.07) is 14.9. The second-order valence-electron chi connectivity index (χ2n) is 5.92. The molecule has 26 heavy (non-hydrogen) atoms. The Labute approximate surface area is 150 Å². The molecule has 5 heteroatoms. The van der Waals surface area contributed by atoms with Crippen LogP contribution in [0.2, 0.25) is 0 Å². The van der Waals surface area contributed by atoms with E-state index >= 15 is 0 Å². The van der Waals surface area contributed by atoms with Gasteiger partial charge >= 0.3 is 0 Å². The van der Waals surface area contributed by atoms with Crippen molar-refractivity contribution in [1.82, 2.24) is 5.16 Å². The van der Waals surface area contributed by atoms with Crippen molar-refractivity contribution in [3.8, 4) is 22.8 Å². The number of aryl methyl sites for hydroxylation is 1. The van der Waals surface area contributed by atoms with Crippen molar-refractivity contribution in [2.24, 2.45) is 0 Å². The highest BCUT2D eigenvalue weighted by molar-refractivity contribution is 6.07. The van der Waals surface area contributed by atoms with E-state index in [0.717, 1.165) is 11.1 Å². The molecule has 0 saturated heterocycles. The summed E-state index contributed by atoms with van der Waals surface area (Å²) < 4.78 is 16.3. The van der Waals surface area contributed by atoms with Gasteiger partial charge in [0, 0.05) is 16.7 Å². The first-order valence-corrected chi connectivity index (χ1v) is 8.36. The van der Waals surface area contributed by atoms with Crippen LogP contribution in [0.3, 0.4) is 0 Å². The normalized spacial score (nSPS) is 13.1. The van der Waals surface area contributed by atoms with Crippen molar-refractivity contribution in [3.05, 3.63) is 71.5 Å². The first-order chi connectivity index (χ1) is 12.7. The molecule has 0 saturated carbocycles. The SMILES string of the molecule is Cc1onc(-c2ccccc2)c1C=CC(=O)c1ccc2c(c1)OCCO2. The van der Waals surface area contributed by atoms with Crippen LogP contribution in [0, 0.1) is 6.92 Å². The van der Waals surface area contributed by atoms with Gasteiger partial charge in [-0.2, -0.15) is 0 Å². The number of rotatable bonds is 4. The van der Waals surface area contributed by atoms with E-state index in [2.05, 4.69) is 5.16 Å². The molecule has 0 N–H and O–H groups in total. The van der Waals surface area contributed by atoms with Crippen LogP contribution < -0.4 is 9.47 Å². The van der Waals surface area contributed by atoms with Gasteiger partial charge in [0.05, 0.1) is 0 Å². The maximum Gasteiger partial charge on any atom is 0.185 e. The number of hydrogen-bond donors (Lipinski definition) is 0. The zero-order valence-corrected chi connectivity index (χ0v) is 14.3. The lowest BCUT2D eigenvalue weighted by molar-refractivity contribution is 0.104. The fraction of sp³-hybridized carbons (Fsp3) is 0.143. The zero-order chi connectivity index (χ0) is 17.9. The van der Waals surface area contributed by atoms with E-state index in [1.165, 1.54) is 6.08 Å². The van der Waals surface area contributed by atoms with Crippen LogP contribution in [0.1, 0.15) is 21.7 Å². The Bertz CT molecular complexity index is 973. The van der Waals surface area contributed by atoms with E-state index in [9.17, 15) is 4.79 Å². The highest BCUT2D eigenvalue weighted by Gasteiger charge is 2.15. The standard InChI is InChI=1S/C21H17NO4/c1-14-17(21(22-26-14)15-5-3-2-4-6-15)8-9-18(23)16-7-10-19-20(13-16)25-12-11-24-19/h2-10,13H,11-12H2,1H3.